The zero-order valence-corrected chi connectivity index (χ0v) is 14.7. The molecule has 0 aromatic carbocycles. The molecule has 1 aliphatic rings. The number of carbonyl (C=O) groups is 1. The molecule has 0 saturated carbocycles. The van der Waals surface area contributed by atoms with Gasteiger partial charge >= 0.3 is 0 Å². The molecule has 8 heteroatoms. The van der Waals surface area contributed by atoms with E-state index >= 15 is 0 Å². The van der Waals surface area contributed by atoms with Crippen LogP contribution in [0.25, 0.3) is 0 Å². The average molecular weight is 355 g/mol. The van der Waals surface area contributed by atoms with Gasteiger partial charge in [-0.25, -0.2) is 9.97 Å². The van der Waals surface area contributed by atoms with Crippen LogP contribution in [0.3, 0.4) is 0 Å². The lowest BCUT2D eigenvalue weighted by Gasteiger charge is -2.32. The van der Waals surface area contributed by atoms with E-state index in [1.807, 2.05) is 6.07 Å². The van der Waals surface area contributed by atoms with E-state index in [9.17, 15) is 4.79 Å². The number of amides is 1. The maximum absolute atomic E-state index is 12.7. The zero-order chi connectivity index (χ0) is 18.2. The van der Waals surface area contributed by atoms with Crippen molar-refractivity contribution in [2.45, 2.75) is 13.0 Å². The fourth-order valence-corrected chi connectivity index (χ4v) is 3.05. The Morgan fingerprint density at radius 3 is 2.73 bits per heavy atom. The average Bonchev–Trinajstić information content (AvgIpc) is 3.19. The number of nitrogens with zero attached hydrogens (tertiary/aromatic N) is 5. The number of nitrogens with one attached hydrogen (secondary N) is 1. The van der Waals surface area contributed by atoms with Crippen LogP contribution in [-0.4, -0.2) is 60.0 Å². The maximum Gasteiger partial charge on any atom is 0.278 e. The molecule has 0 atom stereocenters. The van der Waals surface area contributed by atoms with Crippen LogP contribution < -0.4 is 9.80 Å². The lowest BCUT2D eigenvalue weighted by molar-refractivity contribution is -0.892. The number of aromatic nitrogens is 2. The molecule has 2 aromatic rings. The topological polar surface area (TPSA) is 90.7 Å². The number of nitriles is 1. The van der Waals surface area contributed by atoms with Crippen LogP contribution in [0.4, 0.5) is 5.95 Å². The number of hydrogen-bond donors (Lipinski definition) is 1. The number of rotatable bonds is 7. The molecule has 1 saturated heterocycles. The molecule has 0 radical (unpaired) electrons. The third-order valence-electron chi connectivity index (χ3n) is 4.48. The summed E-state index contributed by atoms with van der Waals surface area (Å²) in [6.07, 6.45) is 5.40. The fraction of sp³-hybridized carbons (Fsp3) is 0.444. The zero-order valence-electron chi connectivity index (χ0n) is 14.7. The molecular weight excluding hydrogens is 332 g/mol. The monoisotopic (exact) mass is 355 g/mol. The Balaban J connectivity index is 1.52. The highest BCUT2D eigenvalue weighted by Gasteiger charge is 2.26. The predicted molar refractivity (Wildman–Crippen MR) is 94.2 cm³/mol. The standard InChI is InChI=1S/C18H22N6O2/c19-5-2-8-24(14-16-4-1-13-26-16)17(25)15-22-9-11-23(12-10-22)18-20-6-3-7-21-18/h1,3-4,6-7,13H,2,8-12,14-15H2/p+1. The van der Waals surface area contributed by atoms with Crippen LogP contribution in [0.15, 0.2) is 41.3 Å². The Hall–Kier alpha value is -2.92. The first-order chi connectivity index (χ1) is 12.8. The van der Waals surface area contributed by atoms with Gasteiger partial charge in [-0.2, -0.15) is 5.26 Å². The number of carbonyl (C=O) groups excluding carboxylic acids is 1. The molecule has 2 aromatic heterocycles. The summed E-state index contributed by atoms with van der Waals surface area (Å²) < 4.78 is 5.34. The Kier molecular flexibility index (Phi) is 6.17. The van der Waals surface area contributed by atoms with Crippen molar-refractivity contribution in [3.8, 4) is 6.07 Å². The molecule has 0 spiro atoms. The number of furan rings is 1. The second-order valence-corrected chi connectivity index (χ2v) is 6.27. The van der Waals surface area contributed by atoms with E-state index in [1.54, 1.807) is 35.7 Å². The van der Waals surface area contributed by atoms with Crippen LogP contribution in [0.1, 0.15) is 12.2 Å². The molecule has 8 nitrogen and oxygen atoms in total. The van der Waals surface area contributed by atoms with Crippen molar-refractivity contribution < 1.29 is 14.1 Å². The Labute approximate surface area is 152 Å². The van der Waals surface area contributed by atoms with Crippen LogP contribution in [0.2, 0.25) is 0 Å². The third-order valence-corrected chi connectivity index (χ3v) is 4.48. The number of anilines is 1. The van der Waals surface area contributed by atoms with Gasteiger partial charge in [0.25, 0.3) is 5.91 Å². The van der Waals surface area contributed by atoms with Crippen molar-refractivity contribution in [3.05, 3.63) is 42.6 Å². The van der Waals surface area contributed by atoms with E-state index in [4.69, 9.17) is 9.68 Å². The summed E-state index contributed by atoms with van der Waals surface area (Å²) in [4.78, 5) is 26.4. The van der Waals surface area contributed by atoms with Gasteiger partial charge in [-0.3, -0.25) is 4.79 Å². The SMILES string of the molecule is N#CCCN(Cc1ccco1)C(=O)C[NH+]1CCN(c2ncccn2)CC1. The van der Waals surface area contributed by atoms with Gasteiger partial charge in [0.2, 0.25) is 5.95 Å². The molecule has 1 amide bonds. The van der Waals surface area contributed by atoms with Gasteiger partial charge < -0.3 is 19.1 Å². The molecule has 136 valence electrons. The van der Waals surface area contributed by atoms with Gasteiger partial charge in [0.05, 0.1) is 51.5 Å². The number of piperazine rings is 1. The van der Waals surface area contributed by atoms with Crippen molar-refractivity contribution in [2.24, 2.45) is 0 Å². The third kappa shape index (κ3) is 4.80. The minimum Gasteiger partial charge on any atom is -0.467 e. The van der Waals surface area contributed by atoms with Crippen LogP contribution >= 0.6 is 0 Å². The Morgan fingerprint density at radius 2 is 2.08 bits per heavy atom. The normalized spacial score (nSPS) is 14.8. The van der Waals surface area contributed by atoms with Crippen LogP contribution in [0, 0.1) is 11.3 Å². The Bertz CT molecular complexity index is 720. The van der Waals surface area contributed by atoms with E-state index in [2.05, 4.69) is 20.9 Å². The second kappa shape index (κ2) is 8.97. The summed E-state index contributed by atoms with van der Waals surface area (Å²) >= 11 is 0. The van der Waals surface area contributed by atoms with Gasteiger partial charge in [0, 0.05) is 18.9 Å². The number of quaternary nitrogens is 1. The molecule has 1 aliphatic heterocycles. The second-order valence-electron chi connectivity index (χ2n) is 6.27. The molecule has 0 aliphatic carbocycles. The van der Waals surface area contributed by atoms with Crippen molar-refractivity contribution in [1.29, 1.82) is 5.26 Å². The molecular formula is C18H23N6O2+. The first kappa shape index (κ1) is 17.9. The highest BCUT2D eigenvalue weighted by Crippen LogP contribution is 2.07. The predicted octanol–water partition coefficient (Wildman–Crippen LogP) is -0.283. The molecule has 0 bridgehead atoms. The highest BCUT2D eigenvalue weighted by atomic mass is 16.3. The minimum absolute atomic E-state index is 0.0519. The van der Waals surface area contributed by atoms with E-state index in [0.717, 1.165) is 37.9 Å². The lowest BCUT2D eigenvalue weighted by Crippen LogP contribution is -3.15. The van der Waals surface area contributed by atoms with E-state index in [-0.39, 0.29) is 5.91 Å². The summed E-state index contributed by atoms with van der Waals surface area (Å²) in [5.41, 5.74) is 0. The molecule has 3 rings (SSSR count). The highest BCUT2D eigenvalue weighted by molar-refractivity contribution is 5.77. The van der Waals surface area contributed by atoms with Gasteiger partial charge in [0.15, 0.2) is 6.54 Å². The van der Waals surface area contributed by atoms with Crippen molar-refractivity contribution in [3.63, 3.8) is 0 Å². The largest absolute Gasteiger partial charge is 0.467 e. The maximum atomic E-state index is 12.7. The van der Waals surface area contributed by atoms with Crippen molar-refractivity contribution >= 4 is 11.9 Å². The smallest absolute Gasteiger partial charge is 0.278 e. The van der Waals surface area contributed by atoms with E-state index in [1.165, 1.54) is 4.90 Å². The van der Waals surface area contributed by atoms with Gasteiger partial charge in [-0.15, -0.1) is 0 Å². The molecule has 1 N–H and O–H groups in total. The first-order valence-corrected chi connectivity index (χ1v) is 8.79. The van der Waals surface area contributed by atoms with E-state index in [0.29, 0.717) is 26.1 Å². The van der Waals surface area contributed by atoms with Gasteiger partial charge in [0.1, 0.15) is 5.76 Å². The van der Waals surface area contributed by atoms with Crippen LogP contribution in [-0.2, 0) is 11.3 Å². The molecule has 3 heterocycles. The van der Waals surface area contributed by atoms with Gasteiger partial charge in [-0.1, -0.05) is 0 Å². The van der Waals surface area contributed by atoms with Crippen molar-refractivity contribution in [1.82, 2.24) is 14.9 Å². The lowest BCUT2D eigenvalue weighted by atomic mass is 10.3. The Morgan fingerprint density at radius 1 is 1.31 bits per heavy atom. The number of hydrogen-bond acceptors (Lipinski definition) is 6. The fourth-order valence-electron chi connectivity index (χ4n) is 3.05. The summed E-state index contributed by atoms with van der Waals surface area (Å²) in [7, 11) is 0. The summed E-state index contributed by atoms with van der Waals surface area (Å²) in [5, 5.41) is 8.85. The quantitative estimate of drug-likeness (QED) is 0.734. The molecule has 26 heavy (non-hydrogen) atoms. The minimum atomic E-state index is 0.0519. The molecule has 1 fully saturated rings. The van der Waals surface area contributed by atoms with Crippen molar-refractivity contribution in [2.75, 3.05) is 44.2 Å². The molecule has 0 unspecified atom stereocenters. The summed E-state index contributed by atoms with van der Waals surface area (Å²) in [6, 6.07) is 7.56. The van der Waals surface area contributed by atoms with E-state index < -0.39 is 0 Å². The summed E-state index contributed by atoms with van der Waals surface area (Å²) in [6.45, 7) is 4.62. The summed E-state index contributed by atoms with van der Waals surface area (Å²) in [5.74, 6) is 1.53. The van der Waals surface area contributed by atoms with Gasteiger partial charge in [-0.05, 0) is 18.2 Å². The first-order valence-electron chi connectivity index (χ1n) is 8.79. The van der Waals surface area contributed by atoms with Crippen LogP contribution in [0.5, 0.6) is 0 Å².